The van der Waals surface area contributed by atoms with Gasteiger partial charge in [0.25, 0.3) is 5.91 Å². The molecule has 1 amide bonds. The van der Waals surface area contributed by atoms with Gasteiger partial charge in [-0.1, -0.05) is 6.42 Å². The SMILES string of the molecule is CC1Cc2cc(C(=O)N3CCc4nc(C5CCCCN5)ncc4C3)ccc2O1. The van der Waals surface area contributed by atoms with Gasteiger partial charge in [0, 0.05) is 43.3 Å². The van der Waals surface area contributed by atoms with Crippen molar-refractivity contribution in [2.24, 2.45) is 0 Å². The van der Waals surface area contributed by atoms with E-state index in [4.69, 9.17) is 9.72 Å². The molecule has 6 heteroatoms. The number of benzene rings is 1. The summed E-state index contributed by atoms with van der Waals surface area (Å²) in [5.41, 5.74) is 4.03. The summed E-state index contributed by atoms with van der Waals surface area (Å²) in [4.78, 5) is 24.4. The first kappa shape index (κ1) is 17.6. The van der Waals surface area contributed by atoms with Gasteiger partial charge in [-0.05, 0) is 50.1 Å². The quantitative estimate of drug-likeness (QED) is 0.870. The summed E-state index contributed by atoms with van der Waals surface area (Å²) in [6.45, 7) is 4.37. The number of amides is 1. The van der Waals surface area contributed by atoms with Crippen molar-refractivity contribution in [2.45, 2.75) is 57.7 Å². The van der Waals surface area contributed by atoms with E-state index in [2.05, 4.69) is 17.2 Å². The smallest absolute Gasteiger partial charge is 0.254 e. The normalized spacial score (nSPS) is 23.7. The van der Waals surface area contributed by atoms with Crippen molar-refractivity contribution in [3.05, 3.63) is 52.6 Å². The van der Waals surface area contributed by atoms with Gasteiger partial charge < -0.3 is 15.0 Å². The third-order valence-corrected chi connectivity index (χ3v) is 6.00. The van der Waals surface area contributed by atoms with Gasteiger partial charge in [0.05, 0.1) is 11.7 Å². The molecule has 0 saturated carbocycles. The first-order chi connectivity index (χ1) is 13.7. The van der Waals surface area contributed by atoms with Crippen LogP contribution in [0.3, 0.4) is 0 Å². The van der Waals surface area contributed by atoms with Gasteiger partial charge in [-0.25, -0.2) is 9.97 Å². The molecule has 146 valence electrons. The second-order valence-corrected chi connectivity index (χ2v) is 8.13. The minimum absolute atomic E-state index is 0.0750. The Morgan fingerprint density at radius 1 is 1.29 bits per heavy atom. The van der Waals surface area contributed by atoms with Crippen molar-refractivity contribution in [1.29, 1.82) is 0 Å². The van der Waals surface area contributed by atoms with Crippen LogP contribution in [-0.2, 0) is 19.4 Å². The fourth-order valence-electron chi connectivity index (χ4n) is 4.48. The van der Waals surface area contributed by atoms with Gasteiger partial charge in [-0.2, -0.15) is 0 Å². The highest BCUT2D eigenvalue weighted by atomic mass is 16.5. The fraction of sp³-hybridized carbons (Fsp3) is 0.500. The molecular formula is C22H26N4O2. The number of hydrogen-bond acceptors (Lipinski definition) is 5. The molecule has 6 nitrogen and oxygen atoms in total. The second-order valence-electron chi connectivity index (χ2n) is 8.13. The van der Waals surface area contributed by atoms with Crippen LogP contribution in [-0.4, -0.2) is 40.0 Å². The molecule has 2 atom stereocenters. The molecule has 3 aliphatic rings. The van der Waals surface area contributed by atoms with E-state index in [9.17, 15) is 4.79 Å². The Labute approximate surface area is 165 Å². The van der Waals surface area contributed by atoms with E-state index >= 15 is 0 Å². The van der Waals surface area contributed by atoms with Crippen LogP contribution in [0.1, 0.15) is 65.2 Å². The summed E-state index contributed by atoms with van der Waals surface area (Å²) < 4.78 is 5.75. The molecule has 0 spiro atoms. The molecule has 0 bridgehead atoms. The summed E-state index contributed by atoms with van der Waals surface area (Å²) in [6, 6.07) is 6.07. The van der Waals surface area contributed by atoms with Gasteiger partial charge in [-0.15, -0.1) is 0 Å². The second kappa shape index (κ2) is 7.17. The molecule has 3 aliphatic heterocycles. The lowest BCUT2D eigenvalue weighted by atomic mass is 10.0. The average Bonchev–Trinajstić information content (AvgIpc) is 3.12. The van der Waals surface area contributed by atoms with Gasteiger partial charge in [0.1, 0.15) is 17.7 Å². The maximum atomic E-state index is 13.0. The number of nitrogens with one attached hydrogen (secondary N) is 1. The molecule has 1 fully saturated rings. The zero-order valence-corrected chi connectivity index (χ0v) is 16.3. The monoisotopic (exact) mass is 378 g/mol. The Bertz CT molecular complexity index is 907. The number of fused-ring (bicyclic) bond motifs is 2. The predicted octanol–water partition coefficient (Wildman–Crippen LogP) is 2.81. The molecule has 28 heavy (non-hydrogen) atoms. The average molecular weight is 378 g/mol. The van der Waals surface area contributed by atoms with Gasteiger partial charge in [0.15, 0.2) is 0 Å². The molecule has 1 aromatic carbocycles. The first-order valence-electron chi connectivity index (χ1n) is 10.3. The van der Waals surface area contributed by atoms with E-state index in [0.29, 0.717) is 13.1 Å². The lowest BCUT2D eigenvalue weighted by molar-refractivity contribution is 0.0733. The number of carbonyl (C=O) groups excluding carboxylic acids is 1. The Hall–Kier alpha value is -2.47. The van der Waals surface area contributed by atoms with E-state index in [-0.39, 0.29) is 18.1 Å². The van der Waals surface area contributed by atoms with E-state index in [1.807, 2.05) is 29.3 Å². The highest BCUT2D eigenvalue weighted by Crippen LogP contribution is 2.30. The van der Waals surface area contributed by atoms with Crippen LogP contribution in [0.5, 0.6) is 5.75 Å². The number of carbonyl (C=O) groups is 1. The topological polar surface area (TPSA) is 67.4 Å². The van der Waals surface area contributed by atoms with Crippen molar-refractivity contribution in [1.82, 2.24) is 20.2 Å². The summed E-state index contributed by atoms with van der Waals surface area (Å²) in [5.74, 6) is 1.89. The summed E-state index contributed by atoms with van der Waals surface area (Å²) in [6.07, 6.45) is 7.32. The molecule has 1 aromatic heterocycles. The molecule has 2 unspecified atom stereocenters. The summed E-state index contributed by atoms with van der Waals surface area (Å²) in [5, 5.41) is 3.51. The van der Waals surface area contributed by atoms with Gasteiger partial charge in [0.2, 0.25) is 0 Å². The number of hydrogen-bond donors (Lipinski definition) is 1. The zero-order valence-electron chi connectivity index (χ0n) is 16.3. The Morgan fingerprint density at radius 3 is 3.07 bits per heavy atom. The van der Waals surface area contributed by atoms with Crippen LogP contribution in [0.15, 0.2) is 24.4 Å². The van der Waals surface area contributed by atoms with E-state index in [0.717, 1.165) is 59.8 Å². The van der Waals surface area contributed by atoms with Crippen molar-refractivity contribution in [3.8, 4) is 5.75 Å². The van der Waals surface area contributed by atoms with Crippen LogP contribution >= 0.6 is 0 Å². The minimum atomic E-state index is 0.0750. The molecular weight excluding hydrogens is 352 g/mol. The molecule has 1 N–H and O–H groups in total. The minimum Gasteiger partial charge on any atom is -0.490 e. The molecule has 0 radical (unpaired) electrons. The maximum Gasteiger partial charge on any atom is 0.254 e. The summed E-state index contributed by atoms with van der Waals surface area (Å²) >= 11 is 0. The first-order valence-corrected chi connectivity index (χ1v) is 10.3. The van der Waals surface area contributed by atoms with E-state index < -0.39 is 0 Å². The Morgan fingerprint density at radius 2 is 2.21 bits per heavy atom. The number of ether oxygens (including phenoxy) is 1. The van der Waals surface area contributed by atoms with E-state index in [1.54, 1.807) is 0 Å². The van der Waals surface area contributed by atoms with Crippen molar-refractivity contribution < 1.29 is 9.53 Å². The zero-order chi connectivity index (χ0) is 19.1. The lowest BCUT2D eigenvalue weighted by Crippen LogP contribution is -2.37. The third-order valence-electron chi connectivity index (χ3n) is 6.00. The summed E-state index contributed by atoms with van der Waals surface area (Å²) in [7, 11) is 0. The van der Waals surface area contributed by atoms with Crippen LogP contribution in [0.2, 0.25) is 0 Å². The molecule has 4 heterocycles. The number of rotatable bonds is 2. The molecule has 2 aromatic rings. The van der Waals surface area contributed by atoms with E-state index in [1.165, 1.54) is 12.8 Å². The maximum absolute atomic E-state index is 13.0. The molecule has 1 saturated heterocycles. The Kier molecular flexibility index (Phi) is 4.51. The largest absolute Gasteiger partial charge is 0.490 e. The Balaban J connectivity index is 1.32. The number of aromatic nitrogens is 2. The highest BCUT2D eigenvalue weighted by Gasteiger charge is 2.27. The number of nitrogens with zero attached hydrogens (tertiary/aromatic N) is 3. The van der Waals surface area contributed by atoms with Crippen LogP contribution in [0.4, 0.5) is 0 Å². The van der Waals surface area contributed by atoms with Crippen LogP contribution in [0.25, 0.3) is 0 Å². The fourth-order valence-corrected chi connectivity index (χ4v) is 4.48. The van der Waals surface area contributed by atoms with Crippen molar-refractivity contribution >= 4 is 5.91 Å². The standard InChI is InChI=1S/C22H26N4O2/c1-14-10-16-11-15(5-6-20(16)28-14)22(27)26-9-7-18-17(13-26)12-24-21(25-18)19-4-2-3-8-23-19/h5-6,11-12,14,19,23H,2-4,7-10,13H2,1H3. The number of piperidine rings is 1. The predicted molar refractivity (Wildman–Crippen MR) is 105 cm³/mol. The van der Waals surface area contributed by atoms with Gasteiger partial charge in [-0.3, -0.25) is 4.79 Å². The van der Waals surface area contributed by atoms with Crippen LogP contribution < -0.4 is 10.1 Å². The van der Waals surface area contributed by atoms with Gasteiger partial charge >= 0.3 is 0 Å². The third kappa shape index (κ3) is 3.26. The lowest BCUT2D eigenvalue weighted by Gasteiger charge is -2.29. The molecule has 0 aliphatic carbocycles. The van der Waals surface area contributed by atoms with Crippen molar-refractivity contribution in [2.75, 3.05) is 13.1 Å². The molecule has 5 rings (SSSR count). The highest BCUT2D eigenvalue weighted by molar-refractivity contribution is 5.94. The van der Waals surface area contributed by atoms with Crippen LogP contribution in [0, 0.1) is 0 Å². The van der Waals surface area contributed by atoms with Crippen molar-refractivity contribution in [3.63, 3.8) is 0 Å².